The van der Waals surface area contributed by atoms with Crippen LogP contribution in [0.4, 0.5) is 8.78 Å². The van der Waals surface area contributed by atoms with E-state index in [4.69, 9.17) is 0 Å². The lowest BCUT2D eigenvalue weighted by Crippen LogP contribution is -2.63. The van der Waals surface area contributed by atoms with E-state index >= 15 is 8.78 Å². The molecule has 2 heterocycles. The highest BCUT2D eigenvalue weighted by atomic mass is 19.3. The number of hydrogen-bond acceptors (Lipinski definition) is 8. The lowest BCUT2D eigenvalue weighted by atomic mass is 9.82. The van der Waals surface area contributed by atoms with Gasteiger partial charge in [-0.2, -0.15) is 0 Å². The van der Waals surface area contributed by atoms with Crippen molar-refractivity contribution in [2.45, 2.75) is 147 Å². The number of aromatic nitrogens is 2. The lowest BCUT2D eigenvalue weighted by Gasteiger charge is -2.40. The molecule has 1 aromatic rings. The minimum atomic E-state index is -3.06. The summed E-state index contributed by atoms with van der Waals surface area (Å²) in [5, 5.41) is 34.0. The van der Waals surface area contributed by atoms with Crippen LogP contribution in [0.15, 0.2) is 12.4 Å². The van der Waals surface area contributed by atoms with E-state index in [2.05, 4.69) is 31.2 Å². The maximum absolute atomic E-state index is 15.3. The average molecular weight is 708 g/mol. The largest absolute Gasteiger partial charge is 0.382 e. The molecule has 4 aliphatic rings. The van der Waals surface area contributed by atoms with Crippen LogP contribution in [0.3, 0.4) is 0 Å². The summed E-state index contributed by atoms with van der Waals surface area (Å²) in [7, 11) is 0. The Morgan fingerprint density at radius 1 is 1.04 bits per heavy atom. The summed E-state index contributed by atoms with van der Waals surface area (Å²) in [4.78, 5) is 62.5. The monoisotopic (exact) mass is 707 g/mol. The number of nitrogens with one attached hydrogen (secondary N) is 5. The Bertz CT molecular complexity index is 1350. The molecule has 4 amide bonds. The maximum atomic E-state index is 15.3. The molecule has 7 N–H and O–H groups in total. The fourth-order valence-electron chi connectivity index (χ4n) is 8.11. The molecule has 15 heteroatoms. The molecule has 0 aromatic carbocycles. The van der Waals surface area contributed by atoms with Crippen molar-refractivity contribution in [1.29, 1.82) is 0 Å². The van der Waals surface area contributed by atoms with Crippen molar-refractivity contribution in [2.75, 3.05) is 6.54 Å². The van der Waals surface area contributed by atoms with E-state index in [0.29, 0.717) is 25.7 Å². The molecule has 1 saturated heterocycles. The molecular weight excluding hydrogens is 652 g/mol. The van der Waals surface area contributed by atoms with Gasteiger partial charge in [0.25, 0.3) is 17.7 Å². The summed E-state index contributed by atoms with van der Waals surface area (Å²) in [6, 6.07) is -4.14. The number of fused-ring (bicyclic) bond motifs is 1. The number of rotatable bonds is 14. The summed E-state index contributed by atoms with van der Waals surface area (Å²) >= 11 is 0. The minimum Gasteiger partial charge on any atom is -0.382 e. The standard InChI is InChI=1S/C35H55F2N7O6/c1-5-9-23(26(45)31(48)40-20-12-13-20)41-30(47)25-21-14-15-35(36,37)22(21)18-44(25)33(50)27(34(2,3)4)43-29(46)24(19-10-7-6-8-11-19)42-32(49)28-38-16-17-39-28/h16-17,19-27,30,41,45,47H,5-15,18H2,1-4H3,(H,38,39)(H,40,48)(H,42,49)(H,43,46)/t21-,22-,23-,24-,25-,26?,27?,30?/m0/s1. The molecule has 0 spiro atoms. The topological polar surface area (TPSA) is 189 Å². The first-order chi connectivity index (χ1) is 23.6. The van der Waals surface area contributed by atoms with E-state index in [1.54, 1.807) is 20.8 Å². The summed E-state index contributed by atoms with van der Waals surface area (Å²) in [6.45, 7) is 6.81. The number of carbonyl (C=O) groups is 4. The van der Waals surface area contributed by atoms with Crippen molar-refractivity contribution in [1.82, 2.24) is 36.1 Å². The smallest absolute Gasteiger partial charge is 0.287 e. The van der Waals surface area contributed by atoms with E-state index < -0.39 is 83.3 Å². The Labute approximate surface area is 292 Å². The Morgan fingerprint density at radius 2 is 1.74 bits per heavy atom. The number of carbonyl (C=O) groups excluding carboxylic acids is 4. The van der Waals surface area contributed by atoms with Crippen LogP contribution >= 0.6 is 0 Å². The third-order valence-electron chi connectivity index (χ3n) is 11.0. The molecule has 0 bridgehead atoms. The molecule has 280 valence electrons. The number of hydrogen-bond donors (Lipinski definition) is 7. The number of likely N-dealkylation sites (tertiary alicyclic amines) is 1. The molecule has 1 aromatic heterocycles. The summed E-state index contributed by atoms with van der Waals surface area (Å²) < 4.78 is 30.5. The van der Waals surface area contributed by atoms with Gasteiger partial charge in [-0.25, -0.2) is 13.8 Å². The van der Waals surface area contributed by atoms with Crippen molar-refractivity contribution >= 4 is 23.6 Å². The summed E-state index contributed by atoms with van der Waals surface area (Å²) in [5.74, 6) is -7.47. The van der Waals surface area contributed by atoms with Gasteiger partial charge in [-0.1, -0.05) is 53.4 Å². The van der Waals surface area contributed by atoms with Gasteiger partial charge in [-0.05, 0) is 55.8 Å². The van der Waals surface area contributed by atoms with Gasteiger partial charge in [-0.15, -0.1) is 0 Å². The van der Waals surface area contributed by atoms with E-state index in [1.807, 2.05) is 6.92 Å². The van der Waals surface area contributed by atoms with Crippen LogP contribution in [0.1, 0.15) is 109 Å². The van der Waals surface area contributed by atoms with Crippen LogP contribution in [0.2, 0.25) is 0 Å². The highest BCUT2D eigenvalue weighted by Crippen LogP contribution is 2.52. The summed E-state index contributed by atoms with van der Waals surface area (Å²) in [6.07, 6.45) is 6.33. The Hall–Kier alpha value is -3.17. The highest BCUT2D eigenvalue weighted by molar-refractivity contribution is 5.96. The van der Waals surface area contributed by atoms with E-state index in [1.165, 1.54) is 17.3 Å². The number of halogens is 2. The Morgan fingerprint density at radius 3 is 2.34 bits per heavy atom. The quantitative estimate of drug-likeness (QED) is 0.143. The van der Waals surface area contributed by atoms with Gasteiger partial charge in [0.05, 0.1) is 6.04 Å². The van der Waals surface area contributed by atoms with Gasteiger partial charge in [-0.3, -0.25) is 24.5 Å². The highest BCUT2D eigenvalue weighted by Gasteiger charge is 2.61. The van der Waals surface area contributed by atoms with E-state index in [9.17, 15) is 29.4 Å². The number of aliphatic hydroxyl groups excluding tert-OH is 2. The van der Waals surface area contributed by atoms with Gasteiger partial charge in [0, 0.05) is 43.4 Å². The van der Waals surface area contributed by atoms with Crippen molar-refractivity contribution in [2.24, 2.45) is 23.2 Å². The molecule has 5 rings (SSSR count). The van der Waals surface area contributed by atoms with Crippen LogP contribution in [-0.4, -0.2) is 104 Å². The second-order valence-electron chi connectivity index (χ2n) is 15.9. The van der Waals surface area contributed by atoms with Crippen LogP contribution in [0.25, 0.3) is 0 Å². The lowest BCUT2D eigenvalue weighted by molar-refractivity contribution is -0.145. The van der Waals surface area contributed by atoms with E-state index in [-0.39, 0.29) is 37.2 Å². The molecule has 4 fully saturated rings. The van der Waals surface area contributed by atoms with Crippen molar-refractivity contribution in [3.8, 4) is 0 Å². The number of alkyl halides is 2. The number of amides is 4. The second kappa shape index (κ2) is 15.6. The van der Waals surface area contributed by atoms with E-state index in [0.717, 1.165) is 32.1 Å². The average Bonchev–Trinajstić information content (AvgIpc) is 3.43. The van der Waals surface area contributed by atoms with Crippen LogP contribution in [0.5, 0.6) is 0 Å². The number of imidazole rings is 1. The SMILES string of the molecule is CCC[C@H](NC(O)[C@@H]1[C@H]2CCC(F)(F)[C@H]2CN1C(=O)C(NC(=O)[C@@H](NC(=O)c1ncc[nH]1)C1CCCCC1)C(C)(C)C)C(O)C(=O)NC1CC1. The molecule has 0 radical (unpaired) electrons. The van der Waals surface area contributed by atoms with Crippen molar-refractivity contribution in [3.63, 3.8) is 0 Å². The fourth-order valence-corrected chi connectivity index (χ4v) is 8.11. The zero-order chi connectivity index (χ0) is 36.4. The summed E-state index contributed by atoms with van der Waals surface area (Å²) in [5.41, 5.74) is -0.889. The Balaban J connectivity index is 1.39. The minimum absolute atomic E-state index is 0.00878. The fraction of sp³-hybridized carbons (Fsp3) is 0.800. The molecule has 50 heavy (non-hydrogen) atoms. The van der Waals surface area contributed by atoms with Crippen LogP contribution < -0.4 is 21.3 Å². The zero-order valence-electron chi connectivity index (χ0n) is 29.6. The Kier molecular flexibility index (Phi) is 11.9. The van der Waals surface area contributed by atoms with Gasteiger partial charge in [0.15, 0.2) is 5.82 Å². The van der Waals surface area contributed by atoms with Crippen LogP contribution in [-0.2, 0) is 14.4 Å². The van der Waals surface area contributed by atoms with Crippen molar-refractivity contribution in [3.05, 3.63) is 18.2 Å². The van der Waals surface area contributed by atoms with Gasteiger partial charge >= 0.3 is 0 Å². The first kappa shape index (κ1) is 38.1. The zero-order valence-corrected chi connectivity index (χ0v) is 29.6. The number of aliphatic hydroxyl groups is 2. The molecule has 3 unspecified atom stereocenters. The third kappa shape index (κ3) is 8.64. The molecule has 3 aliphatic carbocycles. The van der Waals surface area contributed by atoms with Gasteiger partial charge in [0.1, 0.15) is 24.4 Å². The molecule has 13 nitrogen and oxygen atoms in total. The second-order valence-corrected chi connectivity index (χ2v) is 15.9. The maximum Gasteiger partial charge on any atom is 0.287 e. The molecule has 8 atom stereocenters. The normalized spacial score (nSPS) is 26.7. The van der Waals surface area contributed by atoms with Crippen molar-refractivity contribution < 1.29 is 38.2 Å². The molecule has 3 saturated carbocycles. The predicted octanol–water partition coefficient (Wildman–Crippen LogP) is 2.21. The first-order valence-corrected chi connectivity index (χ1v) is 18.3. The molecule has 1 aliphatic heterocycles. The van der Waals surface area contributed by atoms with Gasteiger partial charge in [0.2, 0.25) is 11.8 Å². The third-order valence-corrected chi connectivity index (χ3v) is 11.0. The first-order valence-electron chi connectivity index (χ1n) is 18.3. The number of aromatic amines is 1. The number of nitrogens with zero attached hydrogens (tertiary/aromatic N) is 2. The van der Waals surface area contributed by atoms with Gasteiger partial charge < -0.3 is 36.0 Å². The number of H-pyrrole nitrogens is 1. The predicted molar refractivity (Wildman–Crippen MR) is 179 cm³/mol. The van der Waals surface area contributed by atoms with Crippen LogP contribution in [0, 0.1) is 23.2 Å². The molecular formula is C35H55F2N7O6.